The minimum absolute atomic E-state index is 0.260. The van der Waals surface area contributed by atoms with Gasteiger partial charge >= 0.3 is 0 Å². The average molecular weight is 312 g/mol. The van der Waals surface area contributed by atoms with Gasteiger partial charge in [-0.3, -0.25) is 4.79 Å². The van der Waals surface area contributed by atoms with E-state index in [1.165, 1.54) is 6.92 Å². The summed E-state index contributed by atoms with van der Waals surface area (Å²) >= 11 is 5.85. The summed E-state index contributed by atoms with van der Waals surface area (Å²) in [4.78, 5) is 14.3. The van der Waals surface area contributed by atoms with Crippen molar-refractivity contribution in [2.24, 2.45) is 5.92 Å². The Morgan fingerprint density at radius 1 is 1.48 bits per heavy atom. The molecule has 1 saturated heterocycles. The van der Waals surface area contributed by atoms with Crippen LogP contribution in [0.4, 0.5) is 0 Å². The van der Waals surface area contributed by atoms with E-state index >= 15 is 0 Å². The Balaban J connectivity index is 2.03. The third-order valence-corrected chi connectivity index (χ3v) is 4.21. The lowest BCUT2D eigenvalue weighted by Gasteiger charge is -2.28. The predicted molar refractivity (Wildman–Crippen MR) is 82.2 cm³/mol. The topological polar surface area (TPSA) is 49.8 Å². The molecule has 0 bridgehead atoms. The molecule has 0 spiro atoms. The van der Waals surface area contributed by atoms with Crippen molar-refractivity contribution in [2.45, 2.75) is 25.9 Å². The number of halogens is 1. The van der Waals surface area contributed by atoms with Crippen molar-refractivity contribution in [3.8, 4) is 0 Å². The first-order valence-corrected chi connectivity index (χ1v) is 7.68. The maximum Gasteiger partial charge on any atom is 0.258 e. The van der Waals surface area contributed by atoms with Crippen LogP contribution in [0.15, 0.2) is 24.3 Å². The summed E-state index contributed by atoms with van der Waals surface area (Å²) in [5.74, 6) is 0.0961. The van der Waals surface area contributed by atoms with Crippen molar-refractivity contribution in [3.05, 3.63) is 34.9 Å². The van der Waals surface area contributed by atoms with Crippen LogP contribution in [0.1, 0.15) is 25.8 Å². The van der Waals surface area contributed by atoms with Crippen LogP contribution >= 0.6 is 11.6 Å². The molecule has 5 heteroatoms. The smallest absolute Gasteiger partial charge is 0.258 e. The highest BCUT2D eigenvalue weighted by Crippen LogP contribution is 2.27. The molecule has 1 aliphatic rings. The highest BCUT2D eigenvalue weighted by atomic mass is 35.5. The molecule has 116 valence electrons. The maximum absolute atomic E-state index is 12.6. The van der Waals surface area contributed by atoms with E-state index in [1.54, 1.807) is 29.2 Å². The molecule has 1 aromatic carbocycles. The van der Waals surface area contributed by atoms with E-state index in [1.807, 2.05) is 6.92 Å². The minimum atomic E-state index is -1.52. The first-order chi connectivity index (χ1) is 9.95. The summed E-state index contributed by atoms with van der Waals surface area (Å²) in [7, 11) is 0. The van der Waals surface area contributed by atoms with Crippen LogP contribution in [0.3, 0.4) is 0 Å². The van der Waals surface area contributed by atoms with Gasteiger partial charge in [0.05, 0.1) is 6.61 Å². The number of benzene rings is 1. The molecule has 1 fully saturated rings. The lowest BCUT2D eigenvalue weighted by molar-refractivity contribution is -0.149. The van der Waals surface area contributed by atoms with Gasteiger partial charge in [-0.05, 0) is 38.0 Å². The van der Waals surface area contributed by atoms with Gasteiger partial charge in [-0.25, -0.2) is 0 Å². The Hall–Kier alpha value is -1.10. The van der Waals surface area contributed by atoms with Gasteiger partial charge in [0.25, 0.3) is 5.91 Å². The molecule has 2 atom stereocenters. The maximum atomic E-state index is 12.6. The van der Waals surface area contributed by atoms with Crippen LogP contribution in [-0.4, -0.2) is 42.2 Å². The average Bonchev–Trinajstić information content (AvgIpc) is 2.93. The third-order valence-electron chi connectivity index (χ3n) is 3.95. The first-order valence-electron chi connectivity index (χ1n) is 7.30. The van der Waals surface area contributed by atoms with Gasteiger partial charge in [0.1, 0.15) is 0 Å². The van der Waals surface area contributed by atoms with Gasteiger partial charge in [0, 0.05) is 30.6 Å². The molecule has 0 radical (unpaired) electrons. The number of hydrogen-bond acceptors (Lipinski definition) is 3. The van der Waals surface area contributed by atoms with Gasteiger partial charge < -0.3 is 14.7 Å². The Labute approximate surface area is 130 Å². The van der Waals surface area contributed by atoms with E-state index < -0.39 is 5.60 Å². The van der Waals surface area contributed by atoms with Gasteiger partial charge in [-0.1, -0.05) is 23.7 Å². The van der Waals surface area contributed by atoms with Crippen LogP contribution < -0.4 is 0 Å². The molecule has 1 N–H and O–H groups in total. The number of nitrogens with zero attached hydrogens (tertiary/aromatic N) is 1. The zero-order valence-corrected chi connectivity index (χ0v) is 13.3. The van der Waals surface area contributed by atoms with Crippen LogP contribution in [-0.2, 0) is 15.1 Å². The molecule has 0 aliphatic carbocycles. The lowest BCUT2D eigenvalue weighted by Crippen LogP contribution is -2.44. The third kappa shape index (κ3) is 3.76. The monoisotopic (exact) mass is 311 g/mol. The van der Waals surface area contributed by atoms with Gasteiger partial charge in [0.2, 0.25) is 0 Å². The molecule has 2 rings (SSSR count). The Morgan fingerprint density at radius 2 is 2.14 bits per heavy atom. The lowest BCUT2D eigenvalue weighted by atomic mass is 9.94. The number of hydrogen-bond donors (Lipinski definition) is 1. The number of carbonyl (C=O) groups excluding carboxylic acids is 1. The number of likely N-dealkylation sites (tertiary alicyclic amines) is 1. The summed E-state index contributed by atoms with van der Waals surface area (Å²) in [6.07, 6.45) is 0.919. The number of rotatable bonds is 5. The van der Waals surface area contributed by atoms with Gasteiger partial charge in [0.15, 0.2) is 5.60 Å². The molecule has 1 aliphatic heterocycles. The quantitative estimate of drug-likeness (QED) is 0.908. The number of aliphatic hydroxyl groups is 1. The second-order valence-electron chi connectivity index (χ2n) is 5.64. The van der Waals surface area contributed by atoms with Crippen molar-refractivity contribution in [1.29, 1.82) is 0 Å². The zero-order chi connectivity index (χ0) is 15.5. The van der Waals surface area contributed by atoms with E-state index in [0.717, 1.165) is 6.42 Å². The predicted octanol–water partition coefficient (Wildman–Crippen LogP) is 2.43. The number of amides is 1. The molecule has 2 unspecified atom stereocenters. The molecule has 4 nitrogen and oxygen atoms in total. The Kier molecular flexibility index (Phi) is 5.25. The Bertz CT molecular complexity index is 487. The number of ether oxygens (including phenoxy) is 1. The zero-order valence-electron chi connectivity index (χ0n) is 12.5. The summed E-state index contributed by atoms with van der Waals surface area (Å²) in [6, 6.07) is 6.74. The van der Waals surface area contributed by atoms with Crippen molar-refractivity contribution in [1.82, 2.24) is 4.90 Å². The highest BCUT2D eigenvalue weighted by molar-refractivity contribution is 6.30. The minimum Gasteiger partial charge on any atom is -0.381 e. The standard InChI is InChI=1S/C16H22ClNO3/c1-3-21-11-12-8-9-18(10-12)15(19)16(2,20)13-4-6-14(17)7-5-13/h4-7,12,20H,3,8-11H2,1-2H3. The van der Waals surface area contributed by atoms with E-state index in [0.29, 0.717) is 42.8 Å². The summed E-state index contributed by atoms with van der Waals surface area (Å²) in [6.45, 7) is 6.16. The highest BCUT2D eigenvalue weighted by Gasteiger charge is 2.39. The fourth-order valence-electron chi connectivity index (χ4n) is 2.64. The van der Waals surface area contributed by atoms with E-state index in [-0.39, 0.29) is 5.91 Å². The van der Waals surface area contributed by atoms with Crippen LogP contribution in [0.2, 0.25) is 5.02 Å². The molecule has 21 heavy (non-hydrogen) atoms. The van der Waals surface area contributed by atoms with E-state index in [9.17, 15) is 9.90 Å². The van der Waals surface area contributed by atoms with Crippen LogP contribution in [0.25, 0.3) is 0 Å². The van der Waals surface area contributed by atoms with Crippen LogP contribution in [0.5, 0.6) is 0 Å². The van der Waals surface area contributed by atoms with Crippen molar-refractivity contribution in [3.63, 3.8) is 0 Å². The largest absolute Gasteiger partial charge is 0.381 e. The normalized spacial score (nSPS) is 21.3. The molecule has 1 heterocycles. The van der Waals surface area contributed by atoms with Crippen molar-refractivity contribution >= 4 is 17.5 Å². The molecular weight excluding hydrogens is 290 g/mol. The summed E-state index contributed by atoms with van der Waals surface area (Å²) in [5, 5.41) is 11.2. The molecule has 0 saturated carbocycles. The molecule has 0 aromatic heterocycles. The second kappa shape index (κ2) is 6.77. The van der Waals surface area contributed by atoms with E-state index in [4.69, 9.17) is 16.3 Å². The summed E-state index contributed by atoms with van der Waals surface area (Å²) < 4.78 is 5.41. The molecular formula is C16H22ClNO3. The molecule has 1 amide bonds. The van der Waals surface area contributed by atoms with Gasteiger partial charge in [-0.2, -0.15) is 0 Å². The Morgan fingerprint density at radius 3 is 2.76 bits per heavy atom. The summed E-state index contributed by atoms with van der Waals surface area (Å²) in [5.41, 5.74) is -0.962. The first kappa shape index (κ1) is 16.3. The second-order valence-corrected chi connectivity index (χ2v) is 6.08. The SMILES string of the molecule is CCOCC1CCN(C(=O)C(C)(O)c2ccc(Cl)cc2)C1. The number of carbonyl (C=O) groups is 1. The van der Waals surface area contributed by atoms with E-state index in [2.05, 4.69) is 0 Å². The fraction of sp³-hybridized carbons (Fsp3) is 0.562. The van der Waals surface area contributed by atoms with Crippen LogP contribution in [0, 0.1) is 5.92 Å². The fourth-order valence-corrected chi connectivity index (χ4v) is 2.77. The van der Waals surface area contributed by atoms with Crippen molar-refractivity contribution in [2.75, 3.05) is 26.3 Å². The van der Waals surface area contributed by atoms with Gasteiger partial charge in [-0.15, -0.1) is 0 Å². The molecule has 1 aromatic rings. The van der Waals surface area contributed by atoms with Crippen molar-refractivity contribution < 1.29 is 14.6 Å².